The Hall–Kier alpha value is -3.15. The summed E-state index contributed by atoms with van der Waals surface area (Å²) >= 11 is 0. The van der Waals surface area contributed by atoms with Gasteiger partial charge >= 0.3 is 5.97 Å². The van der Waals surface area contributed by atoms with Crippen molar-refractivity contribution < 1.29 is 27.5 Å². The first-order valence-corrected chi connectivity index (χ1v) is 7.08. The van der Waals surface area contributed by atoms with Gasteiger partial charge in [-0.15, -0.1) is 0 Å². The molecule has 2 nitrogen and oxygen atoms in total. The number of hydrogen-bond acceptors (Lipinski definition) is 1. The maximum absolute atomic E-state index is 12.5. The first kappa shape index (κ1) is 18.2. The fourth-order valence-electron chi connectivity index (χ4n) is 2.02. The van der Waals surface area contributed by atoms with Crippen molar-refractivity contribution in [3.63, 3.8) is 0 Å². The van der Waals surface area contributed by atoms with E-state index in [0.29, 0.717) is 0 Å². The van der Waals surface area contributed by atoms with Crippen molar-refractivity contribution in [3.8, 4) is 11.1 Å². The highest BCUT2D eigenvalue weighted by molar-refractivity contribution is 5.88. The number of rotatable bonds is 2. The molecule has 128 valence electrons. The number of benzene rings is 3. The lowest BCUT2D eigenvalue weighted by atomic mass is 10.1. The fraction of sp³-hybridized carbons (Fsp3) is 0. The predicted molar refractivity (Wildman–Crippen MR) is 85.1 cm³/mol. The molecular weight excluding hydrogens is 336 g/mol. The zero-order valence-corrected chi connectivity index (χ0v) is 12.7. The predicted octanol–water partition coefficient (Wildman–Crippen LogP) is 5.29. The number of halogens is 4. The molecular formula is C19H12F4O2. The number of aromatic carboxylic acids is 1. The third-order valence-corrected chi connectivity index (χ3v) is 3.21. The van der Waals surface area contributed by atoms with Crippen LogP contribution >= 0.6 is 0 Å². The van der Waals surface area contributed by atoms with Crippen LogP contribution in [0.2, 0.25) is 0 Å². The van der Waals surface area contributed by atoms with E-state index in [1.54, 1.807) is 0 Å². The molecule has 0 radical (unpaired) electrons. The molecule has 0 fully saturated rings. The molecule has 0 aliphatic heterocycles. The van der Waals surface area contributed by atoms with Gasteiger partial charge in [0.15, 0.2) is 17.5 Å². The molecule has 1 N–H and O–H groups in total. The molecule has 0 saturated carbocycles. The zero-order chi connectivity index (χ0) is 18.4. The summed E-state index contributed by atoms with van der Waals surface area (Å²) in [7, 11) is 0. The van der Waals surface area contributed by atoms with E-state index in [9.17, 15) is 22.4 Å². The van der Waals surface area contributed by atoms with Gasteiger partial charge in [-0.2, -0.15) is 0 Å². The van der Waals surface area contributed by atoms with E-state index >= 15 is 0 Å². The van der Waals surface area contributed by atoms with Gasteiger partial charge in [-0.1, -0.05) is 60.7 Å². The molecule has 3 rings (SSSR count). The second kappa shape index (κ2) is 8.10. The molecule has 0 aliphatic carbocycles. The quantitative estimate of drug-likeness (QED) is 0.388. The van der Waals surface area contributed by atoms with Crippen molar-refractivity contribution >= 4 is 5.97 Å². The van der Waals surface area contributed by atoms with Crippen molar-refractivity contribution in [1.29, 1.82) is 0 Å². The van der Waals surface area contributed by atoms with Crippen molar-refractivity contribution in [2.75, 3.05) is 0 Å². The summed E-state index contributed by atoms with van der Waals surface area (Å²) in [6.45, 7) is 0. The molecule has 0 saturated heterocycles. The Bertz CT molecular complexity index is 828. The molecule has 0 unspecified atom stereocenters. The van der Waals surface area contributed by atoms with Gasteiger partial charge in [0.2, 0.25) is 0 Å². The molecule has 0 aromatic heterocycles. The maximum atomic E-state index is 12.5. The van der Waals surface area contributed by atoms with Crippen molar-refractivity contribution in [3.05, 3.63) is 95.6 Å². The van der Waals surface area contributed by atoms with Crippen LogP contribution in [0.15, 0.2) is 66.7 Å². The lowest BCUT2D eigenvalue weighted by Crippen LogP contribution is -2.08. The van der Waals surface area contributed by atoms with Crippen LogP contribution in [0.25, 0.3) is 11.1 Å². The molecule has 0 bridgehead atoms. The Morgan fingerprint density at radius 1 is 0.680 bits per heavy atom. The van der Waals surface area contributed by atoms with Gasteiger partial charge in [0.25, 0.3) is 0 Å². The SMILES string of the molecule is O=C(O)c1c(F)cc(F)c(F)c1F.c1ccc(-c2ccccc2)cc1. The lowest BCUT2D eigenvalue weighted by Gasteiger charge is -2.00. The van der Waals surface area contributed by atoms with E-state index in [-0.39, 0.29) is 6.07 Å². The third-order valence-electron chi connectivity index (χ3n) is 3.21. The van der Waals surface area contributed by atoms with Crippen molar-refractivity contribution in [2.45, 2.75) is 0 Å². The molecule has 25 heavy (non-hydrogen) atoms. The largest absolute Gasteiger partial charge is 0.477 e. The Morgan fingerprint density at radius 2 is 1.12 bits per heavy atom. The normalized spacial score (nSPS) is 9.92. The van der Waals surface area contributed by atoms with Crippen LogP contribution in [0.5, 0.6) is 0 Å². The van der Waals surface area contributed by atoms with Crippen LogP contribution in [-0.4, -0.2) is 11.1 Å². The third kappa shape index (κ3) is 4.44. The second-order valence-electron chi connectivity index (χ2n) is 4.88. The van der Waals surface area contributed by atoms with Gasteiger partial charge in [0.1, 0.15) is 11.4 Å². The first-order valence-electron chi connectivity index (χ1n) is 7.08. The average molecular weight is 348 g/mol. The molecule has 0 amide bonds. The van der Waals surface area contributed by atoms with E-state index in [2.05, 4.69) is 48.5 Å². The monoisotopic (exact) mass is 348 g/mol. The molecule has 0 aliphatic rings. The summed E-state index contributed by atoms with van der Waals surface area (Å²) < 4.78 is 49.6. The molecule has 3 aromatic carbocycles. The summed E-state index contributed by atoms with van der Waals surface area (Å²) in [5, 5.41) is 8.19. The van der Waals surface area contributed by atoms with Crippen molar-refractivity contribution in [2.24, 2.45) is 0 Å². The highest BCUT2D eigenvalue weighted by Crippen LogP contribution is 2.19. The minimum absolute atomic E-state index is 0.0259. The van der Waals surface area contributed by atoms with Gasteiger partial charge in [-0.25, -0.2) is 22.4 Å². The standard InChI is InChI=1S/C12H10.C7H2F4O2/c1-3-7-11(8-4-1)12-9-5-2-6-10-12;8-2-1-3(9)5(10)6(11)4(2)7(12)13/h1-10H;1H,(H,12,13). The van der Waals surface area contributed by atoms with Crippen LogP contribution in [0, 0.1) is 23.3 Å². The Morgan fingerprint density at radius 3 is 1.52 bits per heavy atom. The Kier molecular flexibility index (Phi) is 5.89. The number of hydrogen-bond donors (Lipinski definition) is 1. The van der Waals surface area contributed by atoms with Crippen LogP contribution in [-0.2, 0) is 0 Å². The number of carboxylic acid groups (broad SMARTS) is 1. The van der Waals surface area contributed by atoms with Crippen LogP contribution in [0.1, 0.15) is 10.4 Å². The number of carboxylic acids is 1. The molecule has 0 atom stereocenters. The topological polar surface area (TPSA) is 37.3 Å². The highest BCUT2D eigenvalue weighted by atomic mass is 19.2. The maximum Gasteiger partial charge on any atom is 0.341 e. The smallest absolute Gasteiger partial charge is 0.341 e. The van der Waals surface area contributed by atoms with Crippen molar-refractivity contribution in [1.82, 2.24) is 0 Å². The van der Waals surface area contributed by atoms with Gasteiger partial charge in [-0.3, -0.25) is 0 Å². The number of carbonyl (C=O) groups is 1. The highest BCUT2D eigenvalue weighted by Gasteiger charge is 2.23. The summed E-state index contributed by atoms with van der Waals surface area (Å²) in [6.07, 6.45) is 0. The van der Waals surface area contributed by atoms with Gasteiger partial charge in [-0.05, 0) is 11.1 Å². The van der Waals surface area contributed by atoms with E-state index in [0.717, 1.165) is 0 Å². The van der Waals surface area contributed by atoms with E-state index in [1.165, 1.54) is 11.1 Å². The van der Waals surface area contributed by atoms with E-state index in [1.807, 2.05) is 12.1 Å². The summed E-state index contributed by atoms with van der Waals surface area (Å²) in [6, 6.07) is 20.8. The first-order chi connectivity index (χ1) is 11.9. The lowest BCUT2D eigenvalue weighted by molar-refractivity contribution is 0.0684. The Labute approximate surface area is 141 Å². The average Bonchev–Trinajstić information content (AvgIpc) is 2.61. The second-order valence-corrected chi connectivity index (χ2v) is 4.88. The van der Waals surface area contributed by atoms with Crippen LogP contribution in [0.4, 0.5) is 17.6 Å². The minimum atomic E-state index is -2.04. The Balaban J connectivity index is 0.000000181. The fourth-order valence-corrected chi connectivity index (χ4v) is 2.02. The molecule has 0 spiro atoms. The van der Waals surface area contributed by atoms with E-state index < -0.39 is 34.8 Å². The molecule has 3 aromatic rings. The van der Waals surface area contributed by atoms with Gasteiger partial charge in [0, 0.05) is 6.07 Å². The molecule has 6 heteroatoms. The molecule has 0 heterocycles. The zero-order valence-electron chi connectivity index (χ0n) is 12.7. The van der Waals surface area contributed by atoms with E-state index in [4.69, 9.17) is 5.11 Å². The van der Waals surface area contributed by atoms with Gasteiger partial charge in [0.05, 0.1) is 0 Å². The van der Waals surface area contributed by atoms with Crippen LogP contribution in [0.3, 0.4) is 0 Å². The summed E-state index contributed by atoms with van der Waals surface area (Å²) in [5.74, 6) is -9.44. The van der Waals surface area contributed by atoms with Crippen LogP contribution < -0.4 is 0 Å². The minimum Gasteiger partial charge on any atom is -0.477 e. The summed E-state index contributed by atoms with van der Waals surface area (Å²) in [4.78, 5) is 10.1. The summed E-state index contributed by atoms with van der Waals surface area (Å²) in [5.41, 5.74) is 1.05. The van der Waals surface area contributed by atoms with Gasteiger partial charge < -0.3 is 5.11 Å².